The fraction of sp³-hybridized carbons (Fsp3) is 0.750. The number of phosphoric acid groups is 1. The number of carbonyl (C=O) groups is 2. The Bertz CT molecular complexity index is 378. The van der Waals surface area contributed by atoms with Gasteiger partial charge in [0.05, 0.1) is 18.2 Å². The van der Waals surface area contributed by atoms with E-state index in [1.165, 1.54) is 0 Å². The molecule has 4 atom stereocenters. The third-order valence-electron chi connectivity index (χ3n) is 2.16. The second-order valence-electron chi connectivity index (χ2n) is 3.80. The topological polar surface area (TPSA) is 188 Å². The first kappa shape index (κ1) is 18.3. The van der Waals surface area contributed by atoms with Crippen molar-refractivity contribution in [2.24, 2.45) is 5.73 Å². The van der Waals surface area contributed by atoms with Crippen molar-refractivity contribution in [2.75, 3.05) is 6.61 Å². The number of nitrogens with two attached hydrogens (primary N) is 1. The molecule has 11 heteroatoms. The van der Waals surface area contributed by atoms with Gasteiger partial charge in [-0.1, -0.05) is 0 Å². The van der Waals surface area contributed by atoms with Crippen LogP contribution in [-0.2, 0) is 18.7 Å². The van der Waals surface area contributed by atoms with Crippen molar-refractivity contribution in [3.05, 3.63) is 0 Å². The molecule has 0 aliphatic heterocycles. The van der Waals surface area contributed by atoms with E-state index in [1.807, 2.05) is 0 Å². The average Bonchev–Trinajstić information content (AvgIpc) is 2.30. The molecule has 0 fully saturated rings. The van der Waals surface area contributed by atoms with Crippen molar-refractivity contribution in [2.45, 2.75) is 31.3 Å². The summed E-state index contributed by atoms with van der Waals surface area (Å²) in [5.74, 6) is -2.91. The minimum Gasteiger partial charge on any atom is -0.391 e. The Morgan fingerprint density at radius 3 is 2.11 bits per heavy atom. The Labute approximate surface area is 108 Å². The third-order valence-corrected chi connectivity index (χ3v) is 2.63. The maximum atomic E-state index is 11.3. The highest BCUT2D eigenvalue weighted by molar-refractivity contribution is 7.46. The van der Waals surface area contributed by atoms with E-state index in [4.69, 9.17) is 20.6 Å². The molecule has 7 N–H and O–H groups in total. The lowest BCUT2D eigenvalue weighted by Gasteiger charge is -2.24. The molecule has 0 amide bonds. The first-order chi connectivity index (χ1) is 8.47. The van der Waals surface area contributed by atoms with Crippen LogP contribution in [0.1, 0.15) is 6.92 Å². The molecule has 0 bridgehead atoms. The highest BCUT2D eigenvalue weighted by Gasteiger charge is 2.35. The van der Waals surface area contributed by atoms with Crippen LogP contribution < -0.4 is 5.73 Å². The Morgan fingerprint density at radius 1 is 1.26 bits per heavy atom. The van der Waals surface area contributed by atoms with Gasteiger partial charge in [0, 0.05) is 0 Å². The Hall–Kier alpha value is -0.710. The number of carbonyl (C=O) groups excluding carboxylic acids is 2. The zero-order valence-corrected chi connectivity index (χ0v) is 10.8. The standard InChI is InChI=1S/C8H16NO9P/c1-3(10)6(12)5(9)8(14)7(13)4(11)2-18-19(15,16)17/h3,5-6,8,10,12,14H,2,9H2,1H3,(H2,15,16,17)/t3?,5-,6?,8+/m0/s1. The minimum absolute atomic E-state index is 1.15. The third kappa shape index (κ3) is 6.32. The fourth-order valence-electron chi connectivity index (χ4n) is 1.06. The molecule has 0 saturated heterocycles. The average molecular weight is 301 g/mol. The number of hydrogen-bond acceptors (Lipinski definition) is 8. The Kier molecular flexibility index (Phi) is 6.91. The maximum Gasteiger partial charge on any atom is 0.470 e. The van der Waals surface area contributed by atoms with Crippen LogP contribution in [-0.4, -0.2) is 67.6 Å². The molecule has 0 spiro atoms. The van der Waals surface area contributed by atoms with E-state index in [2.05, 4.69) is 4.52 Å². The molecule has 0 heterocycles. The minimum atomic E-state index is -4.92. The summed E-state index contributed by atoms with van der Waals surface area (Å²) < 4.78 is 14.1. The summed E-state index contributed by atoms with van der Waals surface area (Å²) in [7, 11) is -4.92. The SMILES string of the molecule is CC(O)C(O)[C@H](N)[C@@H](O)C(=O)C(=O)COP(=O)(O)O. The van der Waals surface area contributed by atoms with Crippen LogP contribution in [0.5, 0.6) is 0 Å². The van der Waals surface area contributed by atoms with Gasteiger partial charge in [0.25, 0.3) is 0 Å². The molecule has 112 valence electrons. The van der Waals surface area contributed by atoms with Crippen LogP contribution >= 0.6 is 7.82 Å². The second kappa shape index (κ2) is 7.17. The van der Waals surface area contributed by atoms with E-state index >= 15 is 0 Å². The van der Waals surface area contributed by atoms with E-state index < -0.39 is 50.3 Å². The lowest BCUT2D eigenvalue weighted by atomic mass is 9.97. The number of aliphatic hydroxyl groups is 3. The van der Waals surface area contributed by atoms with Crippen molar-refractivity contribution in [3.63, 3.8) is 0 Å². The summed E-state index contributed by atoms with van der Waals surface area (Å²) in [4.78, 5) is 39.1. The molecular formula is C8H16NO9P. The lowest BCUT2D eigenvalue weighted by Crippen LogP contribution is -2.54. The smallest absolute Gasteiger partial charge is 0.391 e. The van der Waals surface area contributed by atoms with Crippen LogP contribution in [0.15, 0.2) is 0 Å². The first-order valence-electron chi connectivity index (χ1n) is 5.04. The zero-order valence-electron chi connectivity index (χ0n) is 9.91. The van der Waals surface area contributed by atoms with E-state index in [-0.39, 0.29) is 0 Å². The van der Waals surface area contributed by atoms with Crippen LogP contribution in [0.2, 0.25) is 0 Å². The molecule has 0 aliphatic carbocycles. The number of ketones is 2. The lowest BCUT2D eigenvalue weighted by molar-refractivity contribution is -0.145. The van der Waals surface area contributed by atoms with Gasteiger partial charge in [0.2, 0.25) is 11.6 Å². The molecule has 0 aliphatic rings. The predicted octanol–water partition coefficient (Wildman–Crippen LogP) is -3.34. The van der Waals surface area contributed by atoms with Crippen molar-refractivity contribution >= 4 is 19.4 Å². The van der Waals surface area contributed by atoms with Gasteiger partial charge in [-0.3, -0.25) is 14.1 Å². The van der Waals surface area contributed by atoms with Crippen LogP contribution in [0.4, 0.5) is 0 Å². The molecule has 19 heavy (non-hydrogen) atoms. The summed E-state index contributed by atoms with van der Waals surface area (Å²) in [6.45, 7) is -0.0852. The Morgan fingerprint density at radius 2 is 1.74 bits per heavy atom. The highest BCUT2D eigenvalue weighted by Crippen LogP contribution is 2.35. The largest absolute Gasteiger partial charge is 0.470 e. The van der Waals surface area contributed by atoms with Crippen molar-refractivity contribution in [3.8, 4) is 0 Å². The molecule has 0 radical (unpaired) electrons. The summed E-state index contributed by atoms with van der Waals surface area (Å²) in [5.41, 5.74) is 5.25. The van der Waals surface area contributed by atoms with E-state index in [0.29, 0.717) is 0 Å². The summed E-state index contributed by atoms with van der Waals surface area (Å²) >= 11 is 0. The van der Waals surface area contributed by atoms with E-state index in [1.54, 1.807) is 0 Å². The van der Waals surface area contributed by atoms with Crippen molar-refractivity contribution in [1.82, 2.24) is 0 Å². The van der Waals surface area contributed by atoms with Crippen LogP contribution in [0.3, 0.4) is 0 Å². The molecule has 0 rings (SSSR count). The van der Waals surface area contributed by atoms with Gasteiger partial charge in [-0.2, -0.15) is 0 Å². The predicted molar refractivity (Wildman–Crippen MR) is 59.7 cm³/mol. The monoisotopic (exact) mass is 301 g/mol. The summed E-state index contributed by atoms with van der Waals surface area (Å²) in [5, 5.41) is 27.7. The van der Waals surface area contributed by atoms with E-state index in [0.717, 1.165) is 6.92 Å². The molecule has 0 saturated carbocycles. The van der Waals surface area contributed by atoms with Gasteiger partial charge in [0.1, 0.15) is 12.7 Å². The van der Waals surface area contributed by atoms with Crippen molar-refractivity contribution < 1.29 is 43.8 Å². The zero-order chi connectivity index (χ0) is 15.4. The molecule has 0 aromatic rings. The molecule has 0 aromatic heterocycles. The molecule has 2 unspecified atom stereocenters. The van der Waals surface area contributed by atoms with Gasteiger partial charge >= 0.3 is 7.82 Å². The van der Waals surface area contributed by atoms with Gasteiger partial charge in [-0.05, 0) is 6.92 Å². The number of aliphatic hydroxyl groups excluding tert-OH is 3. The highest BCUT2D eigenvalue weighted by atomic mass is 31.2. The van der Waals surface area contributed by atoms with Gasteiger partial charge in [0.15, 0.2) is 0 Å². The normalized spacial score (nSPS) is 18.5. The summed E-state index contributed by atoms with van der Waals surface area (Å²) in [6.07, 6.45) is -5.13. The van der Waals surface area contributed by atoms with Crippen LogP contribution in [0.25, 0.3) is 0 Å². The van der Waals surface area contributed by atoms with Gasteiger partial charge in [-0.15, -0.1) is 0 Å². The fourth-order valence-corrected chi connectivity index (χ4v) is 1.35. The molecule has 0 aromatic carbocycles. The number of phosphoric ester groups is 1. The number of Topliss-reactive ketones (excluding diaryl/α,β-unsaturated/α-hetero) is 2. The van der Waals surface area contributed by atoms with Crippen molar-refractivity contribution in [1.29, 1.82) is 0 Å². The second-order valence-corrected chi connectivity index (χ2v) is 5.04. The van der Waals surface area contributed by atoms with Gasteiger partial charge < -0.3 is 30.8 Å². The number of rotatable bonds is 8. The Balaban J connectivity index is 4.56. The first-order valence-corrected chi connectivity index (χ1v) is 6.57. The van der Waals surface area contributed by atoms with E-state index in [9.17, 15) is 24.4 Å². The quantitative estimate of drug-likeness (QED) is 0.195. The molecule has 10 nitrogen and oxygen atoms in total. The molecular weight excluding hydrogens is 285 g/mol. The maximum absolute atomic E-state index is 11.3. The summed E-state index contributed by atoms with van der Waals surface area (Å²) in [6, 6.07) is -1.63. The van der Waals surface area contributed by atoms with Crippen LogP contribution in [0, 0.1) is 0 Å². The van der Waals surface area contributed by atoms with Gasteiger partial charge in [-0.25, -0.2) is 4.57 Å². The number of hydrogen-bond donors (Lipinski definition) is 6.